The Morgan fingerprint density at radius 2 is 0.772 bits per heavy atom. The molecule has 0 saturated carbocycles. The Morgan fingerprint density at radius 1 is 0.439 bits per heavy atom. The molecule has 57 heavy (non-hydrogen) atoms. The van der Waals surface area contributed by atoms with E-state index in [0.29, 0.717) is 12.2 Å². The molecule has 0 N–H and O–H groups in total. The maximum Gasteiger partial charge on any atom is 0.0576 e. The number of rotatable bonds is 36. The molecule has 4 atom stereocenters. The van der Waals surface area contributed by atoms with Crippen molar-refractivity contribution < 1.29 is 9.47 Å². The minimum Gasteiger partial charge on any atom is -0.378 e. The summed E-state index contributed by atoms with van der Waals surface area (Å²) in [6.45, 7) is 6.63. The number of thioether (sulfide) groups is 1. The first kappa shape index (κ1) is 48.4. The van der Waals surface area contributed by atoms with E-state index in [0.717, 1.165) is 23.7 Å². The highest BCUT2D eigenvalue weighted by Crippen LogP contribution is 2.33. The molecule has 324 valence electrons. The van der Waals surface area contributed by atoms with Crippen LogP contribution in [0.5, 0.6) is 0 Å². The SMILES string of the molecule is Cc1ccccc1CCC(CCCCCCCCCCCCCC1CCCO1)SC(CCCCCCCCCCCCCC1CCCO1)CCc1ccccc1C. The normalized spacial score (nSPS) is 18.1. The van der Waals surface area contributed by atoms with Gasteiger partial charge >= 0.3 is 0 Å². The zero-order valence-corrected chi connectivity index (χ0v) is 38.4. The van der Waals surface area contributed by atoms with Gasteiger partial charge in [-0.3, -0.25) is 0 Å². The number of ether oxygens (including phenoxy) is 2. The second-order valence-electron chi connectivity index (χ2n) is 18.5. The van der Waals surface area contributed by atoms with E-state index in [1.807, 2.05) is 0 Å². The van der Waals surface area contributed by atoms with Gasteiger partial charge in [-0.2, -0.15) is 11.8 Å². The van der Waals surface area contributed by atoms with Crippen LogP contribution in [-0.2, 0) is 22.3 Å². The van der Waals surface area contributed by atoms with Gasteiger partial charge in [0.2, 0.25) is 0 Å². The van der Waals surface area contributed by atoms with Gasteiger partial charge in [0, 0.05) is 23.7 Å². The maximum absolute atomic E-state index is 5.79. The van der Waals surface area contributed by atoms with Gasteiger partial charge in [-0.15, -0.1) is 0 Å². The molecule has 4 rings (SSSR count). The topological polar surface area (TPSA) is 18.5 Å². The molecule has 2 nitrogen and oxygen atoms in total. The van der Waals surface area contributed by atoms with Gasteiger partial charge < -0.3 is 9.47 Å². The van der Waals surface area contributed by atoms with Crippen molar-refractivity contribution in [2.24, 2.45) is 0 Å². The van der Waals surface area contributed by atoms with Crippen LogP contribution in [0.25, 0.3) is 0 Å². The van der Waals surface area contributed by atoms with Gasteiger partial charge in [0.25, 0.3) is 0 Å². The maximum atomic E-state index is 5.79. The van der Waals surface area contributed by atoms with Crippen LogP contribution in [0.3, 0.4) is 0 Å². The van der Waals surface area contributed by atoms with Crippen molar-refractivity contribution in [2.45, 2.75) is 255 Å². The Hall–Kier alpha value is -1.29. The molecule has 2 heterocycles. The van der Waals surface area contributed by atoms with E-state index < -0.39 is 0 Å². The fraction of sp³-hybridized carbons (Fsp3) is 0.778. The first-order valence-corrected chi connectivity index (χ1v) is 26.1. The number of aryl methyl sites for hydroxylation is 4. The lowest BCUT2D eigenvalue weighted by molar-refractivity contribution is 0.102. The van der Waals surface area contributed by atoms with Crippen molar-refractivity contribution in [2.75, 3.05) is 13.2 Å². The van der Waals surface area contributed by atoms with Gasteiger partial charge in [0.1, 0.15) is 0 Å². The van der Waals surface area contributed by atoms with E-state index in [9.17, 15) is 0 Å². The van der Waals surface area contributed by atoms with Crippen LogP contribution in [0.2, 0.25) is 0 Å². The monoisotopic (exact) mass is 803 g/mol. The second kappa shape index (κ2) is 32.5. The molecular formula is C54H90O2S. The second-order valence-corrected chi connectivity index (χ2v) is 20.1. The van der Waals surface area contributed by atoms with Crippen molar-refractivity contribution in [3.05, 3.63) is 70.8 Å². The zero-order chi connectivity index (χ0) is 39.9. The number of hydrogen-bond acceptors (Lipinski definition) is 3. The minimum absolute atomic E-state index is 0.587. The van der Waals surface area contributed by atoms with E-state index in [1.165, 1.54) is 229 Å². The molecule has 0 amide bonds. The third-order valence-corrected chi connectivity index (χ3v) is 15.2. The Bertz CT molecular complexity index is 1120. The van der Waals surface area contributed by atoms with E-state index >= 15 is 0 Å². The van der Waals surface area contributed by atoms with E-state index in [-0.39, 0.29) is 0 Å². The quantitative estimate of drug-likeness (QED) is 0.0640. The molecular weight excluding hydrogens is 713 g/mol. The molecule has 0 radical (unpaired) electrons. The summed E-state index contributed by atoms with van der Waals surface area (Å²) >= 11 is 2.41. The lowest BCUT2D eigenvalue weighted by Crippen LogP contribution is -2.14. The summed E-state index contributed by atoms with van der Waals surface area (Å²) in [4.78, 5) is 0. The number of unbranched alkanes of at least 4 members (excludes halogenated alkanes) is 20. The van der Waals surface area contributed by atoms with E-state index in [2.05, 4.69) is 74.1 Å². The summed E-state index contributed by atoms with van der Waals surface area (Å²) in [5.41, 5.74) is 6.08. The first-order chi connectivity index (χ1) is 28.2. The van der Waals surface area contributed by atoms with Gasteiger partial charge in [0.05, 0.1) is 12.2 Å². The van der Waals surface area contributed by atoms with Crippen LogP contribution >= 0.6 is 11.8 Å². The summed E-state index contributed by atoms with van der Waals surface area (Å²) in [6.07, 6.45) is 48.3. The average Bonchev–Trinajstić information content (AvgIpc) is 3.95. The summed E-state index contributed by atoms with van der Waals surface area (Å²) < 4.78 is 11.6. The van der Waals surface area contributed by atoms with Gasteiger partial charge in [-0.05, 0) is 113 Å². The van der Waals surface area contributed by atoms with Crippen LogP contribution in [0.1, 0.15) is 228 Å². The summed E-state index contributed by atoms with van der Waals surface area (Å²) in [6, 6.07) is 18.3. The highest BCUT2D eigenvalue weighted by atomic mass is 32.2. The fourth-order valence-corrected chi connectivity index (χ4v) is 11.3. The van der Waals surface area contributed by atoms with E-state index in [1.54, 1.807) is 11.1 Å². The van der Waals surface area contributed by atoms with Crippen molar-refractivity contribution >= 4 is 11.8 Å². The molecule has 0 bridgehead atoms. The minimum atomic E-state index is 0.587. The summed E-state index contributed by atoms with van der Waals surface area (Å²) in [7, 11) is 0. The highest BCUT2D eigenvalue weighted by molar-refractivity contribution is 8.00. The average molecular weight is 803 g/mol. The van der Waals surface area contributed by atoms with Crippen LogP contribution in [0, 0.1) is 13.8 Å². The van der Waals surface area contributed by atoms with Gasteiger partial charge in [0.15, 0.2) is 0 Å². The van der Waals surface area contributed by atoms with Gasteiger partial charge in [-0.25, -0.2) is 0 Å². The molecule has 4 unspecified atom stereocenters. The lowest BCUT2D eigenvalue weighted by Gasteiger charge is -2.25. The van der Waals surface area contributed by atoms with Crippen molar-refractivity contribution in [1.82, 2.24) is 0 Å². The summed E-state index contributed by atoms with van der Waals surface area (Å²) in [5, 5.41) is 1.56. The van der Waals surface area contributed by atoms with Crippen LogP contribution in [0.4, 0.5) is 0 Å². The largest absolute Gasteiger partial charge is 0.378 e. The summed E-state index contributed by atoms with van der Waals surface area (Å²) in [5.74, 6) is 0. The molecule has 2 aromatic rings. The Labute approximate surface area is 358 Å². The smallest absolute Gasteiger partial charge is 0.0576 e. The molecule has 2 saturated heterocycles. The molecule has 0 aromatic heterocycles. The first-order valence-electron chi connectivity index (χ1n) is 25.1. The number of benzene rings is 2. The highest BCUT2D eigenvalue weighted by Gasteiger charge is 2.19. The lowest BCUT2D eigenvalue weighted by atomic mass is 10.00. The predicted octanol–water partition coefficient (Wildman–Crippen LogP) is 16.8. The zero-order valence-electron chi connectivity index (χ0n) is 37.6. The van der Waals surface area contributed by atoms with Crippen molar-refractivity contribution in [3.63, 3.8) is 0 Å². The molecule has 2 aliphatic rings. The standard InChI is InChI=1S/C54H90O2S/c1-47-31-25-27-33-49(47)41-43-53(39-23-19-15-11-7-3-5-9-13-17-21-35-51-37-29-45-55-51)57-54(44-42-50-34-28-26-32-48(50)2)40-24-20-16-12-8-4-6-10-14-18-22-36-52-38-30-46-56-52/h25-28,31-34,51-54H,3-24,29-30,35-46H2,1-2H3. The molecule has 3 heteroatoms. The van der Waals surface area contributed by atoms with Gasteiger partial charge in [-0.1, -0.05) is 190 Å². The third-order valence-electron chi connectivity index (χ3n) is 13.5. The van der Waals surface area contributed by atoms with Crippen molar-refractivity contribution in [1.29, 1.82) is 0 Å². The third kappa shape index (κ3) is 23.3. The van der Waals surface area contributed by atoms with Crippen LogP contribution < -0.4 is 0 Å². The van der Waals surface area contributed by atoms with Crippen LogP contribution in [0.15, 0.2) is 48.5 Å². The Morgan fingerprint density at radius 3 is 1.11 bits per heavy atom. The Kier molecular flexibility index (Phi) is 27.6. The molecule has 2 fully saturated rings. The van der Waals surface area contributed by atoms with Crippen LogP contribution in [-0.4, -0.2) is 35.9 Å². The molecule has 2 aromatic carbocycles. The molecule has 2 aliphatic heterocycles. The molecule has 0 spiro atoms. The predicted molar refractivity (Wildman–Crippen MR) is 252 cm³/mol. The van der Waals surface area contributed by atoms with E-state index in [4.69, 9.17) is 9.47 Å². The number of hydrogen-bond donors (Lipinski definition) is 0. The van der Waals surface area contributed by atoms with Crippen molar-refractivity contribution in [3.8, 4) is 0 Å². The Balaban J connectivity index is 1.11. The molecule has 0 aliphatic carbocycles. The fourth-order valence-electron chi connectivity index (χ4n) is 9.66.